The third-order valence-electron chi connectivity index (χ3n) is 5.09. The van der Waals surface area contributed by atoms with Crippen LogP contribution in [0.15, 0.2) is 48.7 Å². The van der Waals surface area contributed by atoms with Gasteiger partial charge in [-0.1, -0.05) is 47.5 Å². The van der Waals surface area contributed by atoms with Crippen molar-refractivity contribution in [3.63, 3.8) is 0 Å². The molecule has 0 saturated carbocycles. The van der Waals surface area contributed by atoms with E-state index in [0.717, 1.165) is 0 Å². The molecule has 27 heavy (non-hydrogen) atoms. The fraction of sp³-hybridized carbons (Fsp3) is 0.105. The van der Waals surface area contributed by atoms with Crippen LogP contribution in [0.1, 0.15) is 17.5 Å². The first kappa shape index (κ1) is 16.4. The third kappa shape index (κ3) is 2.11. The highest BCUT2D eigenvalue weighted by Gasteiger charge is 2.54. The van der Waals surface area contributed by atoms with E-state index in [1.165, 1.54) is 0 Å². The lowest BCUT2D eigenvalue weighted by atomic mass is 9.72. The fourth-order valence-electron chi connectivity index (χ4n) is 3.89. The van der Waals surface area contributed by atoms with E-state index in [9.17, 15) is 9.59 Å². The smallest absolute Gasteiger partial charge is 0.240 e. The second-order valence-corrected chi connectivity index (χ2v) is 7.33. The Morgan fingerprint density at radius 3 is 2.56 bits per heavy atom. The lowest BCUT2D eigenvalue weighted by molar-refractivity contribution is -0.125. The molecular formula is C19H12Cl2N4O2. The van der Waals surface area contributed by atoms with Crippen LogP contribution in [0.2, 0.25) is 10.0 Å². The van der Waals surface area contributed by atoms with Crippen molar-refractivity contribution < 1.29 is 9.59 Å². The quantitative estimate of drug-likeness (QED) is 0.654. The molecule has 2 aliphatic rings. The molecule has 1 atom stereocenters. The minimum Gasteiger partial charge on any atom is -0.323 e. The summed E-state index contributed by atoms with van der Waals surface area (Å²) in [5, 5.41) is 11.0. The molecule has 0 saturated heterocycles. The fourth-order valence-corrected chi connectivity index (χ4v) is 4.33. The molecule has 2 aliphatic heterocycles. The van der Waals surface area contributed by atoms with Gasteiger partial charge in [-0.15, -0.1) is 0 Å². The van der Waals surface area contributed by atoms with Crippen molar-refractivity contribution in [3.8, 4) is 5.69 Å². The normalized spacial score (nSPS) is 20.2. The highest BCUT2D eigenvalue weighted by atomic mass is 35.5. The monoisotopic (exact) mass is 398 g/mol. The molecule has 134 valence electrons. The molecule has 2 amide bonds. The number of carbonyl (C=O) groups excluding carboxylic acids is 2. The number of para-hydroxylation sites is 2. The molecule has 2 aromatic carbocycles. The van der Waals surface area contributed by atoms with Gasteiger partial charge in [0, 0.05) is 12.0 Å². The summed E-state index contributed by atoms with van der Waals surface area (Å²) in [5.74, 6) is -0.137. The van der Waals surface area contributed by atoms with E-state index in [-0.39, 0.29) is 18.2 Å². The van der Waals surface area contributed by atoms with Crippen LogP contribution in [0, 0.1) is 0 Å². The largest absolute Gasteiger partial charge is 0.323 e. The number of nitrogens with zero attached hydrogens (tertiary/aromatic N) is 2. The zero-order valence-electron chi connectivity index (χ0n) is 13.8. The van der Waals surface area contributed by atoms with Gasteiger partial charge in [0.2, 0.25) is 11.8 Å². The number of fused-ring (bicyclic) bond motifs is 4. The Balaban J connectivity index is 1.79. The van der Waals surface area contributed by atoms with Crippen LogP contribution in [0.3, 0.4) is 0 Å². The molecular weight excluding hydrogens is 387 g/mol. The maximum Gasteiger partial charge on any atom is 0.240 e. The van der Waals surface area contributed by atoms with Gasteiger partial charge in [0.05, 0.1) is 27.6 Å². The van der Waals surface area contributed by atoms with Crippen LogP contribution in [-0.4, -0.2) is 21.6 Å². The van der Waals surface area contributed by atoms with Gasteiger partial charge in [0.1, 0.15) is 11.2 Å². The number of benzene rings is 2. The van der Waals surface area contributed by atoms with Gasteiger partial charge < -0.3 is 10.6 Å². The first-order valence-corrected chi connectivity index (χ1v) is 9.01. The Morgan fingerprint density at radius 1 is 0.963 bits per heavy atom. The number of aromatic nitrogens is 2. The minimum absolute atomic E-state index is 0.0204. The van der Waals surface area contributed by atoms with Crippen molar-refractivity contribution in [2.45, 2.75) is 11.8 Å². The number of hydrogen-bond donors (Lipinski definition) is 2. The molecule has 0 bridgehead atoms. The number of nitrogens with one attached hydrogen (secondary N) is 2. The van der Waals surface area contributed by atoms with Crippen molar-refractivity contribution >= 4 is 46.5 Å². The summed E-state index contributed by atoms with van der Waals surface area (Å²) in [7, 11) is 0. The maximum absolute atomic E-state index is 13.1. The van der Waals surface area contributed by atoms with E-state index < -0.39 is 5.41 Å². The highest BCUT2D eigenvalue weighted by molar-refractivity contribution is 6.35. The zero-order valence-corrected chi connectivity index (χ0v) is 15.3. The van der Waals surface area contributed by atoms with E-state index in [1.807, 2.05) is 18.2 Å². The molecule has 2 N–H and O–H groups in total. The first-order valence-electron chi connectivity index (χ1n) is 8.26. The molecule has 0 fully saturated rings. The molecule has 0 radical (unpaired) electrons. The molecule has 0 aliphatic carbocycles. The van der Waals surface area contributed by atoms with E-state index >= 15 is 0 Å². The van der Waals surface area contributed by atoms with Crippen LogP contribution < -0.4 is 10.6 Å². The van der Waals surface area contributed by atoms with Gasteiger partial charge in [-0.3, -0.25) is 9.59 Å². The second kappa shape index (κ2) is 5.58. The number of amides is 2. The van der Waals surface area contributed by atoms with Gasteiger partial charge in [-0.05, 0) is 23.8 Å². The number of carbonyl (C=O) groups is 2. The molecule has 3 aromatic rings. The SMILES string of the molecule is O=C1C[C@@]2(C(=O)Nc3c(Cl)cccc32)c2cnn(-c3ccccc3Cl)c2N1. The van der Waals surface area contributed by atoms with Gasteiger partial charge in [-0.2, -0.15) is 5.10 Å². The molecule has 8 heteroatoms. The molecule has 1 spiro atoms. The van der Waals surface area contributed by atoms with Gasteiger partial charge in [-0.25, -0.2) is 4.68 Å². The second-order valence-electron chi connectivity index (χ2n) is 6.52. The van der Waals surface area contributed by atoms with E-state index in [0.29, 0.717) is 38.4 Å². The van der Waals surface area contributed by atoms with Crippen molar-refractivity contribution in [2.75, 3.05) is 10.6 Å². The predicted octanol–water partition coefficient (Wildman–Crippen LogP) is 3.76. The predicted molar refractivity (Wildman–Crippen MR) is 103 cm³/mol. The Bertz CT molecular complexity index is 1140. The van der Waals surface area contributed by atoms with Crippen molar-refractivity contribution in [1.82, 2.24) is 9.78 Å². The Hall–Kier alpha value is -2.83. The molecule has 0 unspecified atom stereocenters. The first-order chi connectivity index (χ1) is 13.0. The third-order valence-corrected chi connectivity index (χ3v) is 5.73. The van der Waals surface area contributed by atoms with E-state index in [1.54, 1.807) is 35.1 Å². The summed E-state index contributed by atoms with van der Waals surface area (Å²) in [5.41, 5.74) is 1.27. The maximum atomic E-state index is 13.1. The Morgan fingerprint density at radius 2 is 1.74 bits per heavy atom. The number of hydrogen-bond acceptors (Lipinski definition) is 3. The lowest BCUT2D eigenvalue weighted by Gasteiger charge is -2.31. The van der Waals surface area contributed by atoms with Crippen LogP contribution in [-0.2, 0) is 15.0 Å². The van der Waals surface area contributed by atoms with Gasteiger partial charge in [0.15, 0.2) is 0 Å². The summed E-state index contributed by atoms with van der Waals surface area (Å²) in [6.45, 7) is 0. The molecule has 6 nitrogen and oxygen atoms in total. The van der Waals surface area contributed by atoms with Crippen molar-refractivity contribution in [1.29, 1.82) is 0 Å². The van der Waals surface area contributed by atoms with E-state index in [4.69, 9.17) is 23.2 Å². The summed E-state index contributed by atoms with van der Waals surface area (Å²) in [4.78, 5) is 25.7. The van der Waals surface area contributed by atoms with Crippen molar-refractivity contribution in [3.05, 3.63) is 69.8 Å². The summed E-state index contributed by atoms with van der Waals surface area (Å²) < 4.78 is 1.55. The number of anilines is 2. The lowest BCUT2D eigenvalue weighted by Crippen LogP contribution is -2.43. The summed E-state index contributed by atoms with van der Waals surface area (Å²) in [6.07, 6.45) is 1.58. The van der Waals surface area contributed by atoms with Crippen LogP contribution in [0.4, 0.5) is 11.5 Å². The van der Waals surface area contributed by atoms with Crippen LogP contribution in [0.25, 0.3) is 5.69 Å². The van der Waals surface area contributed by atoms with Gasteiger partial charge >= 0.3 is 0 Å². The number of rotatable bonds is 1. The van der Waals surface area contributed by atoms with Gasteiger partial charge in [0.25, 0.3) is 0 Å². The number of halogens is 2. The average Bonchev–Trinajstić information content (AvgIpc) is 3.17. The molecule has 3 heterocycles. The summed E-state index contributed by atoms with van der Waals surface area (Å²) >= 11 is 12.6. The Labute approximate surface area is 164 Å². The molecule has 1 aromatic heterocycles. The minimum atomic E-state index is -1.17. The van der Waals surface area contributed by atoms with Crippen molar-refractivity contribution in [2.24, 2.45) is 0 Å². The highest BCUT2D eigenvalue weighted by Crippen LogP contribution is 2.51. The van der Waals surface area contributed by atoms with Crippen LogP contribution >= 0.6 is 23.2 Å². The topological polar surface area (TPSA) is 76.0 Å². The zero-order chi connectivity index (χ0) is 18.8. The summed E-state index contributed by atoms with van der Waals surface area (Å²) in [6, 6.07) is 12.5. The standard InChI is InChI=1S/C19H12Cl2N4O2/c20-12-5-1-2-7-14(12)25-17-11(9-22-25)19(8-15(26)23-17)10-4-3-6-13(21)16(10)24-18(19)27/h1-7,9H,8H2,(H,23,26)(H,24,27)/t19-/m0/s1. The Kier molecular flexibility index (Phi) is 3.38. The van der Waals surface area contributed by atoms with Crippen LogP contribution in [0.5, 0.6) is 0 Å². The van der Waals surface area contributed by atoms with E-state index in [2.05, 4.69) is 15.7 Å². The average molecular weight is 399 g/mol. The molecule has 5 rings (SSSR count).